The Hall–Kier alpha value is -2.18. The second kappa shape index (κ2) is 9.36. The molecule has 3 aromatic heterocycles. The minimum Gasteiger partial charge on any atom is -0.384 e. The largest absolute Gasteiger partial charge is 0.384 e. The van der Waals surface area contributed by atoms with E-state index >= 15 is 0 Å². The third kappa shape index (κ3) is 4.62. The van der Waals surface area contributed by atoms with Crippen molar-refractivity contribution in [1.29, 1.82) is 0 Å². The van der Waals surface area contributed by atoms with Gasteiger partial charge in [-0.15, -0.1) is 11.3 Å². The zero-order valence-electron chi connectivity index (χ0n) is 18.1. The van der Waals surface area contributed by atoms with Gasteiger partial charge in [0.15, 0.2) is 5.82 Å². The van der Waals surface area contributed by atoms with Crippen LogP contribution in [0.15, 0.2) is 24.4 Å². The molecule has 3 aromatic rings. The quantitative estimate of drug-likeness (QED) is 0.596. The molecule has 32 heavy (non-hydrogen) atoms. The number of piperazine rings is 1. The van der Waals surface area contributed by atoms with Gasteiger partial charge in [0, 0.05) is 68.7 Å². The van der Waals surface area contributed by atoms with Gasteiger partial charge >= 0.3 is 0 Å². The average Bonchev–Trinajstić information content (AvgIpc) is 3.22. The molecule has 5 rings (SSSR count). The van der Waals surface area contributed by atoms with Gasteiger partial charge in [-0.05, 0) is 18.2 Å². The molecular weight excluding hydrogens is 446 g/mol. The summed E-state index contributed by atoms with van der Waals surface area (Å²) < 4.78 is 19.3. The normalized spacial score (nSPS) is 19.5. The number of aromatic nitrogens is 3. The second-order valence-corrected chi connectivity index (χ2v) is 10.5. The molecule has 0 bridgehead atoms. The second-order valence-electron chi connectivity index (χ2n) is 8.00. The van der Waals surface area contributed by atoms with Crippen LogP contribution in [0.4, 0.5) is 11.6 Å². The zero-order chi connectivity index (χ0) is 22.1. The summed E-state index contributed by atoms with van der Waals surface area (Å²) in [6.45, 7) is 7.39. The van der Waals surface area contributed by atoms with E-state index < -0.39 is 11.0 Å². The van der Waals surface area contributed by atoms with Crippen molar-refractivity contribution in [2.24, 2.45) is 0 Å². The SMILES string of the molecule is CS(=O)N1CCN(Cc2cc3c(N4CCOCC4)nc(-c4ccc(N)nc4)nc3s2)CC1. The molecule has 2 aliphatic rings. The summed E-state index contributed by atoms with van der Waals surface area (Å²) in [6.07, 6.45) is 3.48. The number of hydrogen-bond acceptors (Lipinski definition) is 9. The van der Waals surface area contributed by atoms with Gasteiger partial charge in [-0.2, -0.15) is 0 Å². The smallest absolute Gasteiger partial charge is 0.164 e. The van der Waals surface area contributed by atoms with E-state index in [1.165, 1.54) is 4.88 Å². The van der Waals surface area contributed by atoms with Gasteiger partial charge in [-0.3, -0.25) is 4.90 Å². The molecule has 2 fully saturated rings. The molecule has 170 valence electrons. The molecule has 0 radical (unpaired) electrons. The fourth-order valence-corrected chi connectivity index (χ4v) is 5.82. The number of fused-ring (bicyclic) bond motifs is 1. The molecule has 0 aromatic carbocycles. The minimum atomic E-state index is -0.892. The maximum Gasteiger partial charge on any atom is 0.164 e. The summed E-state index contributed by atoms with van der Waals surface area (Å²) in [6, 6.07) is 5.93. The topological polar surface area (TPSA) is 101 Å². The maximum atomic E-state index is 11.7. The van der Waals surface area contributed by atoms with Crippen LogP contribution in [0.1, 0.15) is 4.88 Å². The van der Waals surface area contributed by atoms with E-state index in [1.807, 2.05) is 10.4 Å². The number of nitrogen functional groups attached to an aromatic ring is 1. The van der Waals surface area contributed by atoms with Gasteiger partial charge in [0.1, 0.15) is 16.5 Å². The van der Waals surface area contributed by atoms with Crippen molar-refractivity contribution < 1.29 is 8.95 Å². The van der Waals surface area contributed by atoms with Crippen molar-refractivity contribution in [2.45, 2.75) is 6.54 Å². The Balaban J connectivity index is 1.46. The summed E-state index contributed by atoms with van der Waals surface area (Å²) in [4.78, 5) is 21.0. The fraction of sp³-hybridized carbons (Fsp3) is 0.476. The van der Waals surface area contributed by atoms with Crippen molar-refractivity contribution in [2.75, 3.05) is 69.4 Å². The third-order valence-electron chi connectivity index (χ3n) is 5.85. The first-order valence-electron chi connectivity index (χ1n) is 10.7. The van der Waals surface area contributed by atoms with Gasteiger partial charge in [0.25, 0.3) is 0 Å². The van der Waals surface area contributed by atoms with E-state index in [0.29, 0.717) is 24.9 Å². The van der Waals surface area contributed by atoms with Crippen molar-refractivity contribution in [3.63, 3.8) is 0 Å². The summed E-state index contributed by atoms with van der Waals surface area (Å²) in [5.41, 5.74) is 6.62. The summed E-state index contributed by atoms with van der Waals surface area (Å²) in [5.74, 6) is 2.10. The van der Waals surface area contributed by atoms with Crippen LogP contribution in [-0.2, 0) is 22.3 Å². The van der Waals surface area contributed by atoms with E-state index in [0.717, 1.165) is 67.4 Å². The van der Waals surface area contributed by atoms with Crippen LogP contribution in [0.3, 0.4) is 0 Å². The predicted octanol–water partition coefficient (Wildman–Crippen LogP) is 1.58. The molecule has 1 atom stereocenters. The summed E-state index contributed by atoms with van der Waals surface area (Å²) in [7, 11) is -0.892. The third-order valence-corrected chi connectivity index (χ3v) is 7.96. The van der Waals surface area contributed by atoms with Crippen molar-refractivity contribution >= 4 is 44.2 Å². The first-order chi connectivity index (χ1) is 15.6. The molecule has 0 amide bonds. The minimum absolute atomic E-state index is 0.480. The van der Waals surface area contributed by atoms with Gasteiger partial charge in [-0.1, -0.05) is 0 Å². The lowest BCUT2D eigenvalue weighted by Crippen LogP contribution is -2.46. The molecule has 0 aliphatic carbocycles. The molecule has 0 saturated carbocycles. The van der Waals surface area contributed by atoms with Crippen molar-refractivity contribution in [3.8, 4) is 11.4 Å². The number of morpholine rings is 1. The number of hydrogen-bond donors (Lipinski definition) is 1. The van der Waals surface area contributed by atoms with Crippen LogP contribution >= 0.6 is 11.3 Å². The Morgan fingerprint density at radius 1 is 1.12 bits per heavy atom. The monoisotopic (exact) mass is 473 g/mol. The molecule has 2 saturated heterocycles. The Morgan fingerprint density at radius 3 is 2.59 bits per heavy atom. The molecule has 11 heteroatoms. The highest BCUT2D eigenvalue weighted by atomic mass is 32.2. The van der Waals surface area contributed by atoms with E-state index in [1.54, 1.807) is 29.9 Å². The molecule has 5 heterocycles. The van der Waals surface area contributed by atoms with E-state index in [9.17, 15) is 4.21 Å². The van der Waals surface area contributed by atoms with Crippen LogP contribution in [-0.4, -0.2) is 87.1 Å². The Bertz CT molecular complexity index is 1110. The van der Waals surface area contributed by atoms with Gasteiger partial charge < -0.3 is 15.4 Å². The van der Waals surface area contributed by atoms with Crippen LogP contribution in [0, 0.1) is 0 Å². The number of nitrogens with two attached hydrogens (primary N) is 1. The lowest BCUT2D eigenvalue weighted by Gasteiger charge is -2.32. The number of ether oxygens (including phenoxy) is 1. The Morgan fingerprint density at radius 2 is 1.91 bits per heavy atom. The molecule has 1 unspecified atom stereocenters. The van der Waals surface area contributed by atoms with Gasteiger partial charge in [-0.25, -0.2) is 23.5 Å². The van der Waals surface area contributed by atoms with E-state index in [2.05, 4.69) is 20.9 Å². The molecule has 9 nitrogen and oxygen atoms in total. The predicted molar refractivity (Wildman–Crippen MR) is 129 cm³/mol. The average molecular weight is 474 g/mol. The van der Waals surface area contributed by atoms with Crippen LogP contribution in [0.5, 0.6) is 0 Å². The zero-order valence-corrected chi connectivity index (χ0v) is 19.7. The molecule has 2 N–H and O–H groups in total. The van der Waals surface area contributed by atoms with E-state index in [-0.39, 0.29) is 0 Å². The van der Waals surface area contributed by atoms with Crippen molar-refractivity contribution in [3.05, 3.63) is 29.3 Å². The summed E-state index contributed by atoms with van der Waals surface area (Å²) in [5, 5.41) is 1.09. The first kappa shape index (κ1) is 21.7. The molecular formula is C21H27N7O2S2. The van der Waals surface area contributed by atoms with Crippen molar-refractivity contribution in [1.82, 2.24) is 24.2 Å². The van der Waals surface area contributed by atoms with Gasteiger partial charge in [0.2, 0.25) is 0 Å². The first-order valence-corrected chi connectivity index (χ1v) is 13.1. The number of pyridine rings is 1. The molecule has 0 spiro atoms. The van der Waals surface area contributed by atoms with Crippen LogP contribution in [0.25, 0.3) is 21.6 Å². The van der Waals surface area contributed by atoms with E-state index in [4.69, 9.17) is 20.4 Å². The Labute approximate surface area is 193 Å². The number of nitrogens with zero attached hydrogens (tertiary/aromatic N) is 6. The van der Waals surface area contributed by atoms with Crippen LogP contribution < -0.4 is 10.6 Å². The number of rotatable bonds is 5. The highest BCUT2D eigenvalue weighted by molar-refractivity contribution is 7.81. The molecule has 2 aliphatic heterocycles. The highest BCUT2D eigenvalue weighted by Crippen LogP contribution is 2.34. The lowest BCUT2D eigenvalue weighted by atomic mass is 10.2. The number of anilines is 2. The summed E-state index contributed by atoms with van der Waals surface area (Å²) >= 11 is 1.72. The fourth-order valence-electron chi connectivity index (χ4n) is 4.08. The number of thiophene rings is 1. The Kier molecular flexibility index (Phi) is 6.33. The highest BCUT2D eigenvalue weighted by Gasteiger charge is 2.23. The van der Waals surface area contributed by atoms with Crippen LogP contribution in [0.2, 0.25) is 0 Å². The standard InChI is InChI=1S/C21H27N7O2S2/c1-32(29)28-6-4-26(5-7-28)14-16-12-17-20(27-8-10-30-11-9-27)24-19(25-21(17)31-16)15-2-3-18(22)23-13-15/h2-3,12-13H,4-11,14H2,1H3,(H2,22,23). The van der Waals surface area contributed by atoms with Gasteiger partial charge in [0.05, 0.1) is 29.6 Å². The maximum absolute atomic E-state index is 11.7. The lowest BCUT2D eigenvalue weighted by molar-refractivity contribution is 0.122.